The second kappa shape index (κ2) is 12.9. The van der Waals surface area contributed by atoms with Gasteiger partial charge in [0.25, 0.3) is 10.0 Å². The zero-order chi connectivity index (χ0) is 27.8. The fourth-order valence-corrected chi connectivity index (χ4v) is 6.36. The molecule has 0 aliphatic heterocycles. The number of carbonyl (C=O) groups is 2. The third-order valence-corrected chi connectivity index (χ3v) is 8.80. The van der Waals surface area contributed by atoms with Crippen LogP contribution in [0.5, 0.6) is 0 Å². The molecule has 9 heteroatoms. The summed E-state index contributed by atoms with van der Waals surface area (Å²) in [5.41, 5.74) is 0.967. The lowest BCUT2D eigenvalue weighted by Crippen LogP contribution is -2.53. The fourth-order valence-electron chi connectivity index (χ4n) is 4.92. The monoisotopic (exact) mass is 551 g/mol. The van der Waals surface area contributed by atoms with Gasteiger partial charge in [0.05, 0.1) is 10.6 Å². The van der Waals surface area contributed by atoms with Crippen molar-refractivity contribution >= 4 is 27.5 Å². The molecule has 0 heterocycles. The molecule has 39 heavy (non-hydrogen) atoms. The summed E-state index contributed by atoms with van der Waals surface area (Å²) in [6.07, 6.45) is 4.28. The van der Waals surface area contributed by atoms with E-state index < -0.39 is 34.3 Å². The number of benzene rings is 3. The number of nitrogens with one attached hydrogen (secondary N) is 1. The lowest BCUT2D eigenvalue weighted by molar-refractivity contribution is -0.140. The van der Waals surface area contributed by atoms with Crippen molar-refractivity contribution < 1.29 is 22.4 Å². The Bertz CT molecular complexity index is 1350. The van der Waals surface area contributed by atoms with E-state index in [2.05, 4.69) is 5.32 Å². The first-order chi connectivity index (χ1) is 18.8. The maximum Gasteiger partial charge on any atom is 0.264 e. The van der Waals surface area contributed by atoms with Gasteiger partial charge in [-0.3, -0.25) is 13.9 Å². The molecule has 7 nitrogen and oxygen atoms in total. The topological polar surface area (TPSA) is 86.8 Å². The maximum atomic E-state index is 14.0. The van der Waals surface area contributed by atoms with Crippen molar-refractivity contribution in [2.45, 2.75) is 62.6 Å². The quantitative estimate of drug-likeness (QED) is 0.368. The summed E-state index contributed by atoms with van der Waals surface area (Å²) in [4.78, 5) is 28.8. The molecule has 0 bridgehead atoms. The minimum Gasteiger partial charge on any atom is -0.352 e. The summed E-state index contributed by atoms with van der Waals surface area (Å²) < 4.78 is 42.1. The Labute approximate surface area is 229 Å². The molecule has 206 valence electrons. The Morgan fingerprint density at radius 2 is 1.51 bits per heavy atom. The van der Waals surface area contributed by atoms with E-state index in [0.717, 1.165) is 47.7 Å². The van der Waals surface area contributed by atoms with Gasteiger partial charge in [-0.1, -0.05) is 68.3 Å². The molecule has 0 spiro atoms. The molecule has 1 N–H and O–H groups in total. The summed E-state index contributed by atoms with van der Waals surface area (Å²) in [6, 6.07) is 21.3. The Hall–Kier alpha value is -3.72. The van der Waals surface area contributed by atoms with Gasteiger partial charge in [-0.15, -0.1) is 0 Å². The number of carbonyl (C=O) groups excluding carboxylic acids is 2. The van der Waals surface area contributed by atoms with Gasteiger partial charge in [-0.2, -0.15) is 0 Å². The lowest BCUT2D eigenvalue weighted by Gasteiger charge is -2.33. The minimum atomic E-state index is -4.18. The molecule has 1 aliphatic rings. The van der Waals surface area contributed by atoms with Crippen LogP contribution in [-0.2, 0) is 26.2 Å². The Kier molecular flexibility index (Phi) is 9.35. The van der Waals surface area contributed by atoms with Crippen LogP contribution in [0.4, 0.5) is 10.1 Å². The average Bonchev–Trinajstić information content (AvgIpc) is 3.46. The van der Waals surface area contributed by atoms with Gasteiger partial charge < -0.3 is 10.2 Å². The van der Waals surface area contributed by atoms with Crippen LogP contribution in [-0.4, -0.2) is 43.8 Å². The molecule has 2 amide bonds. The van der Waals surface area contributed by atoms with Crippen LogP contribution < -0.4 is 9.62 Å². The molecule has 0 unspecified atom stereocenters. The molecule has 0 radical (unpaired) electrons. The molecule has 0 saturated heterocycles. The highest BCUT2D eigenvalue weighted by atomic mass is 32.2. The van der Waals surface area contributed by atoms with E-state index >= 15 is 0 Å². The maximum absolute atomic E-state index is 14.0. The van der Waals surface area contributed by atoms with Crippen LogP contribution in [0.1, 0.15) is 44.6 Å². The van der Waals surface area contributed by atoms with Crippen molar-refractivity contribution in [3.63, 3.8) is 0 Å². The molecule has 1 aliphatic carbocycles. The largest absolute Gasteiger partial charge is 0.352 e. The number of sulfonamides is 1. The minimum absolute atomic E-state index is 0.00255. The predicted octanol–water partition coefficient (Wildman–Crippen LogP) is 4.89. The number of rotatable bonds is 11. The van der Waals surface area contributed by atoms with Crippen molar-refractivity contribution in [3.05, 3.63) is 96.3 Å². The lowest BCUT2D eigenvalue weighted by atomic mass is 10.1. The average molecular weight is 552 g/mol. The van der Waals surface area contributed by atoms with Gasteiger partial charge in [-0.05, 0) is 61.2 Å². The molecular formula is C30H34FN3O4S. The zero-order valence-electron chi connectivity index (χ0n) is 22.0. The van der Waals surface area contributed by atoms with Crippen LogP contribution >= 0.6 is 0 Å². The third-order valence-electron chi connectivity index (χ3n) is 7.01. The standard InChI is InChI=1S/C30H34FN3O4S/c1-2-28(30(36)32-25-13-9-10-14-25)33(21-23-11-5-3-6-12-23)29(35)22-34(26-19-17-24(31)18-20-26)39(37,38)27-15-7-4-8-16-27/h3-8,11-12,15-20,25,28H,2,9-10,13-14,21-22H2,1H3,(H,32,36)/t28-/m0/s1. The van der Waals surface area contributed by atoms with E-state index in [-0.39, 0.29) is 29.1 Å². The van der Waals surface area contributed by atoms with Crippen LogP contribution in [0.2, 0.25) is 0 Å². The Morgan fingerprint density at radius 1 is 0.923 bits per heavy atom. The molecule has 3 aromatic carbocycles. The smallest absolute Gasteiger partial charge is 0.264 e. The molecule has 3 aromatic rings. The number of hydrogen-bond acceptors (Lipinski definition) is 4. The second-order valence-corrected chi connectivity index (χ2v) is 11.6. The first kappa shape index (κ1) is 28.3. The first-order valence-corrected chi connectivity index (χ1v) is 14.7. The molecule has 0 aromatic heterocycles. The van der Waals surface area contributed by atoms with Crippen LogP contribution in [0.15, 0.2) is 89.8 Å². The van der Waals surface area contributed by atoms with E-state index in [1.165, 1.54) is 29.2 Å². The SMILES string of the molecule is CC[C@@H](C(=O)NC1CCCC1)N(Cc1ccccc1)C(=O)CN(c1ccc(F)cc1)S(=O)(=O)c1ccccc1. The van der Waals surface area contributed by atoms with Gasteiger partial charge in [0.1, 0.15) is 18.4 Å². The Balaban J connectivity index is 1.68. The van der Waals surface area contributed by atoms with Gasteiger partial charge in [0.15, 0.2) is 0 Å². The molecule has 1 atom stereocenters. The Morgan fingerprint density at radius 3 is 2.10 bits per heavy atom. The normalized spacial score (nSPS) is 14.5. The third kappa shape index (κ3) is 7.03. The summed E-state index contributed by atoms with van der Waals surface area (Å²) in [5.74, 6) is -1.30. The fraction of sp³-hybridized carbons (Fsp3) is 0.333. The molecule has 1 fully saturated rings. The highest BCUT2D eigenvalue weighted by Crippen LogP contribution is 2.25. The van der Waals surface area contributed by atoms with Crippen LogP contribution in [0.3, 0.4) is 0 Å². The van der Waals surface area contributed by atoms with E-state index in [0.29, 0.717) is 6.42 Å². The molecule has 4 rings (SSSR count). The van der Waals surface area contributed by atoms with Gasteiger partial charge in [-0.25, -0.2) is 12.8 Å². The highest BCUT2D eigenvalue weighted by molar-refractivity contribution is 7.92. The molecule has 1 saturated carbocycles. The summed E-state index contributed by atoms with van der Waals surface area (Å²) in [7, 11) is -4.18. The van der Waals surface area contributed by atoms with Gasteiger partial charge >= 0.3 is 0 Å². The van der Waals surface area contributed by atoms with Crippen molar-refractivity contribution in [1.82, 2.24) is 10.2 Å². The van der Waals surface area contributed by atoms with E-state index in [1.807, 2.05) is 37.3 Å². The van der Waals surface area contributed by atoms with E-state index in [9.17, 15) is 22.4 Å². The first-order valence-electron chi connectivity index (χ1n) is 13.3. The number of nitrogens with zero attached hydrogens (tertiary/aromatic N) is 2. The highest BCUT2D eigenvalue weighted by Gasteiger charge is 2.34. The zero-order valence-corrected chi connectivity index (χ0v) is 22.8. The molecular weight excluding hydrogens is 517 g/mol. The van der Waals surface area contributed by atoms with Crippen molar-refractivity contribution in [1.29, 1.82) is 0 Å². The van der Waals surface area contributed by atoms with E-state index in [4.69, 9.17) is 0 Å². The number of halogens is 1. The van der Waals surface area contributed by atoms with Crippen LogP contribution in [0, 0.1) is 5.82 Å². The second-order valence-electron chi connectivity index (χ2n) is 9.72. The van der Waals surface area contributed by atoms with E-state index in [1.54, 1.807) is 18.2 Å². The van der Waals surface area contributed by atoms with Crippen molar-refractivity contribution in [3.8, 4) is 0 Å². The number of anilines is 1. The number of amides is 2. The van der Waals surface area contributed by atoms with Gasteiger partial charge in [0.2, 0.25) is 11.8 Å². The van der Waals surface area contributed by atoms with Gasteiger partial charge in [0, 0.05) is 12.6 Å². The predicted molar refractivity (Wildman–Crippen MR) is 149 cm³/mol. The number of hydrogen-bond donors (Lipinski definition) is 1. The van der Waals surface area contributed by atoms with Crippen molar-refractivity contribution in [2.75, 3.05) is 10.8 Å². The summed E-state index contributed by atoms with van der Waals surface area (Å²) >= 11 is 0. The van der Waals surface area contributed by atoms with Crippen molar-refractivity contribution in [2.24, 2.45) is 0 Å². The summed E-state index contributed by atoms with van der Waals surface area (Å²) in [5, 5.41) is 3.09. The van der Waals surface area contributed by atoms with Crippen LogP contribution in [0.25, 0.3) is 0 Å². The summed E-state index contributed by atoms with van der Waals surface area (Å²) in [6.45, 7) is 1.42.